The number of nitrogens with one attached hydrogen (secondary N) is 1. The van der Waals surface area contributed by atoms with Crippen molar-refractivity contribution in [2.24, 2.45) is 0 Å². The van der Waals surface area contributed by atoms with Crippen molar-refractivity contribution in [3.05, 3.63) is 20.8 Å². The monoisotopic (exact) mass is 300 g/mol. The van der Waals surface area contributed by atoms with E-state index in [4.69, 9.17) is 20.3 Å². The Morgan fingerprint density at radius 1 is 1.52 bits per heavy atom. The maximum Gasteiger partial charge on any atom is 0.330 e. The van der Waals surface area contributed by atoms with Crippen LogP contribution in [0.2, 0.25) is 0 Å². The number of anilines is 2. The van der Waals surface area contributed by atoms with Crippen LogP contribution in [0.4, 0.5) is 11.5 Å². The van der Waals surface area contributed by atoms with Crippen LogP contribution in [-0.4, -0.2) is 60.8 Å². The highest BCUT2D eigenvalue weighted by Crippen LogP contribution is 2.19. The molecule has 1 fully saturated rings. The second kappa shape index (κ2) is 6.74. The number of nitrogens with two attached hydrogens (primary N) is 1. The number of aliphatic hydroxyl groups excluding tert-OH is 1. The van der Waals surface area contributed by atoms with E-state index in [1.54, 1.807) is 4.90 Å². The lowest BCUT2D eigenvalue weighted by Crippen LogP contribution is -2.48. The highest BCUT2D eigenvalue weighted by Gasteiger charge is 2.25. The number of rotatable bonds is 5. The fraction of sp³-hybridized carbons (Fsp3) is 0.667. The predicted octanol–water partition coefficient (Wildman–Crippen LogP) is -2.04. The Kier molecular flexibility index (Phi) is 4.99. The van der Waals surface area contributed by atoms with Crippen LogP contribution in [0.25, 0.3) is 0 Å². The van der Waals surface area contributed by atoms with Gasteiger partial charge in [0.05, 0.1) is 32.5 Å². The third-order valence-corrected chi connectivity index (χ3v) is 3.39. The molecule has 0 saturated carbocycles. The maximum atomic E-state index is 12.1. The summed E-state index contributed by atoms with van der Waals surface area (Å²) in [5, 5.41) is 9.17. The van der Waals surface area contributed by atoms with Crippen molar-refractivity contribution < 1.29 is 14.6 Å². The number of nitrogens with zero attached hydrogens (tertiary/aromatic N) is 2. The Morgan fingerprint density at radius 2 is 2.29 bits per heavy atom. The average Bonchev–Trinajstić information content (AvgIpc) is 2.47. The normalized spacial score (nSPS) is 19.0. The third-order valence-electron chi connectivity index (χ3n) is 3.39. The largest absolute Gasteiger partial charge is 0.394 e. The molecule has 2 rings (SSSR count). The molecule has 118 valence electrons. The summed E-state index contributed by atoms with van der Waals surface area (Å²) in [5.41, 5.74) is 5.11. The molecule has 9 nitrogen and oxygen atoms in total. The Balaban J connectivity index is 2.38. The van der Waals surface area contributed by atoms with Crippen LogP contribution in [0.1, 0.15) is 0 Å². The van der Waals surface area contributed by atoms with Crippen LogP contribution in [-0.2, 0) is 16.0 Å². The summed E-state index contributed by atoms with van der Waals surface area (Å²) in [5.74, 6) is 0.0967. The first kappa shape index (κ1) is 15.5. The first-order chi connectivity index (χ1) is 10.1. The Morgan fingerprint density at radius 3 is 2.95 bits per heavy atom. The molecule has 0 radical (unpaired) electrons. The lowest BCUT2D eigenvalue weighted by molar-refractivity contribution is 0.00350. The van der Waals surface area contributed by atoms with E-state index in [1.807, 2.05) is 0 Å². The first-order valence-electron chi connectivity index (χ1n) is 6.67. The first-order valence-corrected chi connectivity index (χ1v) is 6.67. The zero-order chi connectivity index (χ0) is 15.4. The summed E-state index contributed by atoms with van der Waals surface area (Å²) in [7, 11) is 1.52. The van der Waals surface area contributed by atoms with Crippen molar-refractivity contribution in [1.29, 1.82) is 0 Å². The van der Waals surface area contributed by atoms with Crippen molar-refractivity contribution in [1.82, 2.24) is 9.55 Å². The standard InChI is InChI=1S/C12H20N4O5/c1-20-4-3-16-10(13)9(11(18)14-12(16)19)15-2-5-21-8(6-15)7-17/h8,17H,2-7,13H2,1H3,(H,14,18,19). The van der Waals surface area contributed by atoms with Crippen LogP contribution >= 0.6 is 0 Å². The minimum absolute atomic E-state index is 0.0967. The van der Waals surface area contributed by atoms with E-state index in [1.165, 1.54) is 11.7 Å². The van der Waals surface area contributed by atoms with Gasteiger partial charge in [0.25, 0.3) is 5.56 Å². The van der Waals surface area contributed by atoms with Crippen LogP contribution in [0.5, 0.6) is 0 Å². The molecule has 0 aromatic carbocycles. The van der Waals surface area contributed by atoms with Crippen LogP contribution in [0.15, 0.2) is 9.59 Å². The number of H-pyrrole nitrogens is 1. The van der Waals surface area contributed by atoms with Gasteiger partial charge in [-0.2, -0.15) is 0 Å². The predicted molar refractivity (Wildman–Crippen MR) is 76.6 cm³/mol. The zero-order valence-electron chi connectivity index (χ0n) is 11.9. The lowest BCUT2D eigenvalue weighted by Gasteiger charge is -2.33. The molecule has 0 amide bonds. The van der Waals surface area contributed by atoms with E-state index in [9.17, 15) is 9.59 Å². The molecule has 0 bridgehead atoms. The number of morpholine rings is 1. The number of methoxy groups -OCH3 is 1. The fourth-order valence-electron chi connectivity index (χ4n) is 2.32. The Bertz CT molecular complexity index is 596. The molecule has 2 heterocycles. The van der Waals surface area contributed by atoms with Crippen molar-refractivity contribution in [3.63, 3.8) is 0 Å². The molecule has 1 saturated heterocycles. The number of aliphatic hydroxyl groups is 1. The summed E-state index contributed by atoms with van der Waals surface area (Å²) in [4.78, 5) is 27.8. The van der Waals surface area contributed by atoms with Gasteiger partial charge in [-0.15, -0.1) is 0 Å². The minimum atomic E-state index is -0.565. The molecular formula is C12H20N4O5. The van der Waals surface area contributed by atoms with Gasteiger partial charge in [-0.05, 0) is 0 Å². The highest BCUT2D eigenvalue weighted by molar-refractivity contribution is 5.62. The van der Waals surface area contributed by atoms with Gasteiger partial charge in [-0.1, -0.05) is 0 Å². The van der Waals surface area contributed by atoms with E-state index in [0.717, 1.165) is 0 Å². The van der Waals surface area contributed by atoms with Gasteiger partial charge in [-0.25, -0.2) is 4.79 Å². The molecule has 1 aliphatic heterocycles. The van der Waals surface area contributed by atoms with Gasteiger partial charge >= 0.3 is 5.69 Å². The van der Waals surface area contributed by atoms with E-state index < -0.39 is 11.2 Å². The quantitative estimate of drug-likeness (QED) is 0.572. The van der Waals surface area contributed by atoms with Gasteiger partial charge in [0.15, 0.2) is 0 Å². The third kappa shape index (κ3) is 3.26. The molecule has 0 aliphatic carbocycles. The van der Waals surface area contributed by atoms with Gasteiger partial charge in [0.1, 0.15) is 11.5 Å². The van der Waals surface area contributed by atoms with E-state index in [2.05, 4.69) is 4.98 Å². The fourth-order valence-corrected chi connectivity index (χ4v) is 2.32. The molecule has 1 aromatic rings. The van der Waals surface area contributed by atoms with Gasteiger partial charge < -0.3 is 25.2 Å². The molecule has 21 heavy (non-hydrogen) atoms. The summed E-state index contributed by atoms with van der Waals surface area (Å²) in [6, 6.07) is 0. The van der Waals surface area contributed by atoms with Crippen LogP contribution in [0.3, 0.4) is 0 Å². The van der Waals surface area contributed by atoms with Crippen LogP contribution in [0, 0.1) is 0 Å². The summed E-state index contributed by atoms with van der Waals surface area (Å²) in [6.45, 7) is 1.59. The van der Waals surface area contributed by atoms with Crippen molar-refractivity contribution in [2.75, 3.05) is 50.7 Å². The van der Waals surface area contributed by atoms with E-state index >= 15 is 0 Å². The smallest absolute Gasteiger partial charge is 0.330 e. The van der Waals surface area contributed by atoms with Crippen molar-refractivity contribution in [3.8, 4) is 0 Å². The summed E-state index contributed by atoms with van der Waals surface area (Å²) >= 11 is 0. The Hall–Kier alpha value is -1.84. The zero-order valence-corrected chi connectivity index (χ0v) is 11.9. The molecule has 4 N–H and O–H groups in total. The number of aromatic amines is 1. The molecule has 1 aromatic heterocycles. The number of hydrogen-bond donors (Lipinski definition) is 3. The average molecular weight is 300 g/mol. The highest BCUT2D eigenvalue weighted by atomic mass is 16.5. The second-order valence-electron chi connectivity index (χ2n) is 4.76. The minimum Gasteiger partial charge on any atom is -0.394 e. The second-order valence-corrected chi connectivity index (χ2v) is 4.76. The molecule has 1 unspecified atom stereocenters. The summed E-state index contributed by atoms with van der Waals surface area (Å²) < 4.78 is 11.5. The molecule has 0 spiro atoms. The van der Waals surface area contributed by atoms with Gasteiger partial charge in [-0.3, -0.25) is 14.3 Å². The van der Waals surface area contributed by atoms with Crippen molar-refractivity contribution >= 4 is 11.5 Å². The van der Waals surface area contributed by atoms with Crippen LogP contribution < -0.4 is 21.9 Å². The number of ether oxygens (including phenoxy) is 2. The van der Waals surface area contributed by atoms with Gasteiger partial charge in [0, 0.05) is 20.2 Å². The summed E-state index contributed by atoms with van der Waals surface area (Å²) in [6.07, 6.45) is -0.378. The number of nitrogen functional groups attached to an aromatic ring is 1. The topological polar surface area (TPSA) is 123 Å². The van der Waals surface area contributed by atoms with E-state index in [-0.39, 0.29) is 30.8 Å². The lowest BCUT2D eigenvalue weighted by atomic mass is 10.2. The maximum absolute atomic E-state index is 12.1. The van der Waals surface area contributed by atoms with Crippen molar-refractivity contribution in [2.45, 2.75) is 12.6 Å². The molecule has 9 heteroatoms. The van der Waals surface area contributed by atoms with E-state index in [0.29, 0.717) is 26.3 Å². The molecular weight excluding hydrogens is 280 g/mol. The Labute approximate surface area is 120 Å². The SMILES string of the molecule is COCCn1c(N)c(N2CCOC(CO)C2)c(=O)[nH]c1=O. The molecule has 1 atom stereocenters. The number of aromatic nitrogens is 2. The van der Waals surface area contributed by atoms with Gasteiger partial charge in [0.2, 0.25) is 0 Å². The number of hydrogen-bond acceptors (Lipinski definition) is 7. The molecule has 1 aliphatic rings.